The maximum atomic E-state index is 13.0. The van der Waals surface area contributed by atoms with Crippen molar-refractivity contribution in [2.24, 2.45) is 5.92 Å². The molecule has 1 aromatic heterocycles. The molecule has 1 unspecified atom stereocenters. The van der Waals surface area contributed by atoms with Crippen LogP contribution in [0.15, 0.2) is 42.6 Å². The maximum absolute atomic E-state index is 13.0. The third-order valence-corrected chi connectivity index (χ3v) is 5.10. The summed E-state index contributed by atoms with van der Waals surface area (Å²) in [6, 6.07) is 10.00. The van der Waals surface area contributed by atoms with Gasteiger partial charge in [-0.3, -0.25) is 9.59 Å². The van der Waals surface area contributed by atoms with Crippen molar-refractivity contribution in [3.63, 3.8) is 0 Å². The lowest BCUT2D eigenvalue weighted by molar-refractivity contribution is -0.154. The number of amides is 2. The fourth-order valence-electron chi connectivity index (χ4n) is 3.59. The Kier molecular flexibility index (Phi) is 7.37. The molecule has 1 N–H and O–H groups in total. The van der Waals surface area contributed by atoms with E-state index in [0.717, 1.165) is 11.1 Å². The number of pyridine rings is 1. The normalized spacial score (nSPS) is 15.9. The molecule has 2 heterocycles. The molecule has 0 saturated heterocycles. The third kappa shape index (κ3) is 6.45. The van der Waals surface area contributed by atoms with E-state index in [4.69, 9.17) is 0 Å². The first kappa shape index (κ1) is 23.6. The number of rotatable bonds is 7. The van der Waals surface area contributed by atoms with E-state index in [9.17, 15) is 22.8 Å². The molecule has 0 fully saturated rings. The van der Waals surface area contributed by atoms with Crippen molar-refractivity contribution < 1.29 is 27.5 Å². The number of nitrogens with zero attached hydrogens (tertiary/aromatic N) is 2. The molecule has 32 heavy (non-hydrogen) atoms. The summed E-state index contributed by atoms with van der Waals surface area (Å²) in [5.74, 6) is -0.405. The monoisotopic (exact) mass is 449 g/mol. The van der Waals surface area contributed by atoms with Crippen LogP contribution in [-0.2, 0) is 29.1 Å². The summed E-state index contributed by atoms with van der Waals surface area (Å²) < 4.78 is 41.7. The van der Waals surface area contributed by atoms with Gasteiger partial charge in [0, 0.05) is 38.2 Å². The Morgan fingerprint density at radius 3 is 2.62 bits per heavy atom. The highest BCUT2D eigenvalue weighted by molar-refractivity contribution is 5.88. The Bertz CT molecular complexity index is 963. The number of nitrogens with one attached hydrogen (secondary N) is 1. The highest BCUT2D eigenvalue weighted by Gasteiger charge is 2.34. The Hall–Kier alpha value is -3.10. The molecule has 172 valence electrons. The number of hydrogen-bond acceptors (Lipinski definition) is 4. The predicted molar refractivity (Wildman–Crippen MR) is 112 cm³/mol. The van der Waals surface area contributed by atoms with Crippen LogP contribution < -0.4 is 10.1 Å². The van der Waals surface area contributed by atoms with Gasteiger partial charge in [-0.1, -0.05) is 38.1 Å². The minimum Gasteiger partial charge on any atom is -0.468 e. The van der Waals surface area contributed by atoms with Crippen molar-refractivity contribution in [1.29, 1.82) is 0 Å². The molecule has 3 rings (SSSR count). The van der Waals surface area contributed by atoms with Gasteiger partial charge in [0.2, 0.25) is 17.7 Å². The van der Waals surface area contributed by atoms with Gasteiger partial charge in [0.05, 0.1) is 0 Å². The lowest BCUT2D eigenvalue weighted by atomic mass is 9.92. The average Bonchev–Trinajstić information content (AvgIpc) is 2.74. The zero-order chi connectivity index (χ0) is 23.3. The molecule has 1 aliphatic rings. The molecule has 0 bridgehead atoms. The molecule has 0 spiro atoms. The van der Waals surface area contributed by atoms with Gasteiger partial charge in [0.15, 0.2) is 6.61 Å². The van der Waals surface area contributed by atoms with Gasteiger partial charge in [-0.15, -0.1) is 0 Å². The number of carbonyl (C=O) groups excluding carboxylic acids is 2. The van der Waals surface area contributed by atoms with E-state index in [1.807, 2.05) is 38.1 Å². The van der Waals surface area contributed by atoms with Crippen LogP contribution >= 0.6 is 0 Å². The molecule has 9 heteroatoms. The van der Waals surface area contributed by atoms with Gasteiger partial charge in [-0.05, 0) is 28.7 Å². The molecule has 2 amide bonds. The van der Waals surface area contributed by atoms with Crippen molar-refractivity contribution >= 4 is 11.8 Å². The quantitative estimate of drug-likeness (QED) is 0.701. The second-order valence-corrected chi connectivity index (χ2v) is 8.23. The molecule has 0 saturated carbocycles. The van der Waals surface area contributed by atoms with Gasteiger partial charge in [0.1, 0.15) is 6.04 Å². The van der Waals surface area contributed by atoms with E-state index in [1.54, 1.807) is 11.0 Å². The van der Waals surface area contributed by atoms with E-state index < -0.39 is 18.8 Å². The van der Waals surface area contributed by atoms with Gasteiger partial charge >= 0.3 is 6.18 Å². The Morgan fingerprint density at radius 2 is 1.94 bits per heavy atom. The minimum atomic E-state index is -4.46. The highest BCUT2D eigenvalue weighted by Crippen LogP contribution is 2.25. The summed E-state index contributed by atoms with van der Waals surface area (Å²) in [5.41, 5.74) is 2.59. The topological polar surface area (TPSA) is 71.5 Å². The SMILES string of the molecule is CC(C)CC(=O)N1Cc2ccccc2CC1C(=O)NCc1ccnc(OCC(F)(F)F)c1. The number of aromatic nitrogens is 1. The summed E-state index contributed by atoms with van der Waals surface area (Å²) >= 11 is 0. The van der Waals surface area contributed by atoms with Crippen LogP contribution in [-0.4, -0.2) is 40.5 Å². The fraction of sp³-hybridized carbons (Fsp3) is 0.435. The largest absolute Gasteiger partial charge is 0.468 e. The zero-order valence-electron chi connectivity index (χ0n) is 18.0. The standard InChI is InChI=1S/C23H26F3N3O3/c1-15(2)9-21(30)29-13-18-6-4-3-5-17(18)11-19(29)22(31)28-12-16-7-8-27-20(10-16)32-14-23(24,25)26/h3-8,10,15,19H,9,11-14H2,1-2H3,(H,28,31). The number of benzene rings is 1. The van der Waals surface area contributed by atoms with E-state index in [2.05, 4.69) is 15.0 Å². The molecule has 0 radical (unpaired) electrons. The Morgan fingerprint density at radius 1 is 1.22 bits per heavy atom. The number of hydrogen-bond donors (Lipinski definition) is 1. The zero-order valence-corrected chi connectivity index (χ0v) is 18.0. The van der Waals surface area contributed by atoms with Gasteiger partial charge in [-0.25, -0.2) is 4.98 Å². The first-order valence-electron chi connectivity index (χ1n) is 10.4. The van der Waals surface area contributed by atoms with E-state index in [1.165, 1.54) is 12.3 Å². The van der Waals surface area contributed by atoms with Crippen LogP contribution in [0.25, 0.3) is 0 Å². The number of halogens is 3. The van der Waals surface area contributed by atoms with E-state index >= 15 is 0 Å². The van der Waals surface area contributed by atoms with Crippen LogP contribution in [0.1, 0.15) is 37.0 Å². The molecular formula is C23H26F3N3O3. The van der Waals surface area contributed by atoms with Gasteiger partial charge < -0.3 is 15.0 Å². The summed E-state index contributed by atoms with van der Waals surface area (Å²) in [6.45, 7) is 2.91. The van der Waals surface area contributed by atoms with Crippen molar-refractivity contribution in [2.75, 3.05) is 6.61 Å². The number of alkyl halides is 3. The molecule has 1 atom stereocenters. The fourth-order valence-corrected chi connectivity index (χ4v) is 3.59. The number of fused-ring (bicyclic) bond motifs is 1. The van der Waals surface area contributed by atoms with Crippen molar-refractivity contribution in [1.82, 2.24) is 15.2 Å². The first-order chi connectivity index (χ1) is 15.1. The van der Waals surface area contributed by atoms with Crippen LogP contribution in [0.3, 0.4) is 0 Å². The second-order valence-electron chi connectivity index (χ2n) is 8.23. The summed E-state index contributed by atoms with van der Waals surface area (Å²) in [4.78, 5) is 31.2. The molecular weight excluding hydrogens is 423 g/mol. The summed E-state index contributed by atoms with van der Waals surface area (Å²) in [6.07, 6.45) is -2.39. The van der Waals surface area contributed by atoms with E-state index in [-0.39, 0.29) is 30.2 Å². The smallest absolute Gasteiger partial charge is 0.422 e. The third-order valence-electron chi connectivity index (χ3n) is 5.10. The van der Waals surface area contributed by atoms with Crippen LogP contribution in [0.4, 0.5) is 13.2 Å². The Balaban J connectivity index is 1.69. The summed E-state index contributed by atoms with van der Waals surface area (Å²) in [5, 5.41) is 2.80. The summed E-state index contributed by atoms with van der Waals surface area (Å²) in [7, 11) is 0. The Labute approximate surface area is 184 Å². The molecule has 2 aromatic rings. The number of carbonyl (C=O) groups is 2. The van der Waals surface area contributed by atoms with Crippen LogP contribution in [0.5, 0.6) is 5.88 Å². The highest BCUT2D eigenvalue weighted by atomic mass is 19.4. The average molecular weight is 449 g/mol. The van der Waals surface area contributed by atoms with Crippen LogP contribution in [0.2, 0.25) is 0 Å². The van der Waals surface area contributed by atoms with Crippen molar-refractivity contribution in [3.8, 4) is 5.88 Å². The second kappa shape index (κ2) is 10.0. The van der Waals surface area contributed by atoms with E-state index in [0.29, 0.717) is 24.9 Å². The molecule has 6 nitrogen and oxygen atoms in total. The first-order valence-corrected chi connectivity index (χ1v) is 10.4. The predicted octanol–water partition coefficient (Wildman–Crippen LogP) is 3.64. The van der Waals surface area contributed by atoms with Crippen molar-refractivity contribution in [2.45, 2.75) is 52.0 Å². The van der Waals surface area contributed by atoms with Gasteiger partial charge in [0.25, 0.3) is 0 Å². The van der Waals surface area contributed by atoms with Crippen molar-refractivity contribution in [3.05, 3.63) is 59.3 Å². The number of ether oxygens (including phenoxy) is 1. The lowest BCUT2D eigenvalue weighted by Crippen LogP contribution is -2.52. The maximum Gasteiger partial charge on any atom is 0.422 e. The lowest BCUT2D eigenvalue weighted by Gasteiger charge is -2.36. The minimum absolute atomic E-state index is 0.0775. The van der Waals surface area contributed by atoms with Gasteiger partial charge in [-0.2, -0.15) is 13.2 Å². The molecule has 1 aliphatic heterocycles. The molecule has 1 aromatic carbocycles. The molecule has 0 aliphatic carbocycles. The van der Waals surface area contributed by atoms with Crippen LogP contribution in [0, 0.1) is 5.92 Å².